The quantitative estimate of drug-likeness (QED) is 0.324. The van der Waals surface area contributed by atoms with Gasteiger partial charge in [-0.05, 0) is 22.3 Å². The van der Waals surface area contributed by atoms with E-state index in [0.717, 1.165) is 22.3 Å². The zero-order valence-electron chi connectivity index (χ0n) is 15.8. The molecule has 4 aromatic rings. The van der Waals surface area contributed by atoms with E-state index in [1.54, 1.807) is 0 Å². The fourth-order valence-corrected chi connectivity index (χ4v) is 4.83. The number of hydrogen-bond donors (Lipinski definition) is 1. The summed E-state index contributed by atoms with van der Waals surface area (Å²) in [6.07, 6.45) is 0. The molecule has 0 aliphatic heterocycles. The lowest BCUT2D eigenvalue weighted by atomic mass is 9.66. The molecule has 1 N–H and O–H groups in total. The van der Waals surface area contributed by atoms with Crippen LogP contribution in [0.1, 0.15) is 22.3 Å². The van der Waals surface area contributed by atoms with Crippen LogP contribution in [0.3, 0.4) is 0 Å². The van der Waals surface area contributed by atoms with Crippen LogP contribution >= 0.6 is 23.0 Å². The van der Waals surface area contributed by atoms with Crippen molar-refractivity contribution in [1.82, 2.24) is 0 Å². The minimum absolute atomic E-state index is 0.760. The summed E-state index contributed by atoms with van der Waals surface area (Å²) in [5.74, 6) is 0. The van der Waals surface area contributed by atoms with Crippen molar-refractivity contribution in [2.24, 2.45) is 0 Å². The summed E-state index contributed by atoms with van der Waals surface area (Å²) in [5, 5.41) is 12.6. The van der Waals surface area contributed by atoms with Crippen molar-refractivity contribution in [3.63, 3.8) is 0 Å². The molecule has 0 saturated heterocycles. The van der Waals surface area contributed by atoms with Gasteiger partial charge in [0.05, 0.1) is 0 Å². The van der Waals surface area contributed by atoms with Crippen molar-refractivity contribution >= 4 is 23.0 Å². The summed E-state index contributed by atoms with van der Waals surface area (Å²) in [6, 6.07) is 39.3. The van der Waals surface area contributed by atoms with Crippen LogP contribution in [-0.2, 0) is 14.3 Å². The second kappa shape index (κ2) is 8.49. The Kier molecular flexibility index (Phi) is 5.81. The number of hydrogen-bond acceptors (Lipinski definition) is 2. The second-order valence-electron chi connectivity index (χ2n) is 6.93. The van der Waals surface area contributed by atoms with Crippen LogP contribution in [0.25, 0.3) is 0 Å². The minimum atomic E-state index is -1.47. The number of rotatable bonds is 6. The molecule has 0 heterocycles. The molecule has 0 aliphatic carbocycles. The molecule has 4 rings (SSSR count). The Morgan fingerprint density at radius 2 is 0.759 bits per heavy atom. The maximum atomic E-state index is 12.6. The zero-order chi connectivity index (χ0) is 20.2. The van der Waals surface area contributed by atoms with E-state index in [1.165, 1.54) is 0 Å². The Hall–Kier alpha value is -2.47. The van der Waals surface area contributed by atoms with Crippen LogP contribution in [0, 0.1) is 0 Å². The summed E-state index contributed by atoms with van der Waals surface area (Å²) in [6.45, 7) is 0. The predicted octanol–water partition coefficient (Wildman–Crippen LogP) is 6.23. The third-order valence-corrected chi connectivity index (χ3v) is 6.03. The summed E-state index contributed by atoms with van der Waals surface area (Å²) in [5.41, 5.74) is 0.621. The number of benzene rings is 4. The SMILES string of the molecule is OC(c1ccccc1)(c1ccccc1)C(OI)(c1ccccc1)c1ccccc1. The van der Waals surface area contributed by atoms with E-state index in [2.05, 4.69) is 0 Å². The smallest absolute Gasteiger partial charge is 0.167 e. The molecule has 29 heavy (non-hydrogen) atoms. The summed E-state index contributed by atoms with van der Waals surface area (Å²) in [4.78, 5) is 0. The third kappa shape index (κ3) is 3.29. The summed E-state index contributed by atoms with van der Waals surface area (Å²) < 4.78 is 6.30. The topological polar surface area (TPSA) is 29.5 Å². The van der Waals surface area contributed by atoms with Gasteiger partial charge in [-0.3, -0.25) is 3.07 Å². The lowest BCUT2D eigenvalue weighted by molar-refractivity contribution is -0.0742. The Morgan fingerprint density at radius 3 is 1.03 bits per heavy atom. The molecule has 144 valence electrons. The molecule has 0 saturated carbocycles. The average Bonchev–Trinajstić information content (AvgIpc) is 2.82. The monoisotopic (exact) mass is 492 g/mol. The number of halogens is 1. The van der Waals surface area contributed by atoms with Crippen LogP contribution in [-0.4, -0.2) is 5.11 Å². The fraction of sp³-hybridized carbons (Fsp3) is 0.0769. The highest BCUT2D eigenvalue weighted by atomic mass is 127. The molecular weight excluding hydrogens is 471 g/mol. The molecule has 0 aromatic heterocycles. The van der Waals surface area contributed by atoms with Crippen LogP contribution in [0.5, 0.6) is 0 Å². The zero-order valence-corrected chi connectivity index (χ0v) is 17.9. The first kappa shape index (κ1) is 19.8. The third-order valence-electron chi connectivity index (χ3n) is 5.37. The molecule has 0 bridgehead atoms. The minimum Gasteiger partial charge on any atom is -0.377 e. The molecule has 0 amide bonds. The van der Waals surface area contributed by atoms with Crippen molar-refractivity contribution in [1.29, 1.82) is 0 Å². The lowest BCUT2D eigenvalue weighted by Gasteiger charge is -2.46. The standard InChI is InChI=1S/C26H21IO2/c27-29-26(23-17-9-3-10-18-23,24-19-11-4-12-20-24)25(28,21-13-5-1-6-14-21)22-15-7-2-8-16-22/h1-20,28H. The molecular formula is C26H21IO2. The molecule has 3 heteroatoms. The molecule has 0 aliphatic rings. The van der Waals surface area contributed by atoms with Crippen LogP contribution in [0.4, 0.5) is 0 Å². The fourth-order valence-electron chi connectivity index (χ4n) is 4.01. The molecule has 2 nitrogen and oxygen atoms in total. The predicted molar refractivity (Wildman–Crippen MR) is 125 cm³/mol. The van der Waals surface area contributed by atoms with E-state index in [0.29, 0.717) is 0 Å². The first-order valence-electron chi connectivity index (χ1n) is 9.47. The molecule has 0 radical (unpaired) electrons. The van der Waals surface area contributed by atoms with E-state index in [9.17, 15) is 5.11 Å². The maximum Gasteiger partial charge on any atom is 0.167 e. The summed E-state index contributed by atoms with van der Waals surface area (Å²) in [7, 11) is 0. The van der Waals surface area contributed by atoms with E-state index in [-0.39, 0.29) is 0 Å². The molecule has 0 atom stereocenters. The van der Waals surface area contributed by atoms with Gasteiger partial charge in [0.2, 0.25) is 0 Å². The van der Waals surface area contributed by atoms with Gasteiger partial charge in [-0.25, -0.2) is 0 Å². The summed E-state index contributed by atoms with van der Waals surface area (Å²) >= 11 is 1.93. The van der Waals surface area contributed by atoms with E-state index < -0.39 is 11.2 Å². The van der Waals surface area contributed by atoms with Crippen molar-refractivity contribution in [2.45, 2.75) is 11.2 Å². The largest absolute Gasteiger partial charge is 0.377 e. The van der Waals surface area contributed by atoms with E-state index >= 15 is 0 Å². The van der Waals surface area contributed by atoms with Gasteiger partial charge < -0.3 is 5.11 Å². The molecule has 4 aromatic carbocycles. The van der Waals surface area contributed by atoms with Gasteiger partial charge in [0.25, 0.3) is 0 Å². The van der Waals surface area contributed by atoms with Crippen molar-refractivity contribution in [3.05, 3.63) is 144 Å². The Labute approximate surface area is 185 Å². The van der Waals surface area contributed by atoms with Crippen molar-refractivity contribution in [2.75, 3.05) is 0 Å². The van der Waals surface area contributed by atoms with Crippen molar-refractivity contribution < 1.29 is 8.17 Å². The highest BCUT2D eigenvalue weighted by Gasteiger charge is 2.56. The van der Waals surface area contributed by atoms with Gasteiger partial charge in [-0.1, -0.05) is 121 Å². The molecule has 0 unspecified atom stereocenters. The normalized spacial score (nSPS) is 11.9. The number of aliphatic hydroxyl groups is 1. The van der Waals surface area contributed by atoms with Gasteiger partial charge in [0.1, 0.15) is 23.0 Å². The molecule has 0 spiro atoms. The first-order chi connectivity index (χ1) is 14.2. The molecule has 0 fully saturated rings. The van der Waals surface area contributed by atoms with Gasteiger partial charge in [0.15, 0.2) is 11.2 Å². The second-order valence-corrected chi connectivity index (χ2v) is 7.37. The lowest BCUT2D eigenvalue weighted by Crippen LogP contribution is -2.51. The van der Waals surface area contributed by atoms with E-state index in [4.69, 9.17) is 3.07 Å². The van der Waals surface area contributed by atoms with Crippen LogP contribution in [0.2, 0.25) is 0 Å². The van der Waals surface area contributed by atoms with Gasteiger partial charge >= 0.3 is 0 Å². The van der Waals surface area contributed by atoms with Gasteiger partial charge in [-0.2, -0.15) is 0 Å². The Morgan fingerprint density at radius 1 is 0.483 bits per heavy atom. The first-order valence-corrected chi connectivity index (χ1v) is 10.4. The van der Waals surface area contributed by atoms with Crippen LogP contribution in [0.15, 0.2) is 121 Å². The Bertz CT molecular complexity index is 956. The van der Waals surface area contributed by atoms with Crippen LogP contribution < -0.4 is 0 Å². The van der Waals surface area contributed by atoms with Gasteiger partial charge in [0, 0.05) is 0 Å². The van der Waals surface area contributed by atoms with Crippen molar-refractivity contribution in [3.8, 4) is 0 Å². The maximum absolute atomic E-state index is 12.6. The van der Waals surface area contributed by atoms with E-state index in [1.807, 2.05) is 144 Å². The Balaban J connectivity index is 2.13. The highest BCUT2D eigenvalue weighted by Crippen LogP contribution is 2.53. The van der Waals surface area contributed by atoms with Gasteiger partial charge in [-0.15, -0.1) is 0 Å². The highest BCUT2D eigenvalue weighted by molar-refractivity contribution is 14.1. The average molecular weight is 492 g/mol.